The number of rotatable bonds is 12. The largest absolute Gasteiger partial charge is 0.492 e. The highest BCUT2D eigenvalue weighted by Crippen LogP contribution is 2.45. The maximum Gasteiger partial charge on any atom is 0.341 e. The SMILES string of the molecule is COc1c(N2CCN(C(=O)CC(C)(C)c3cc(P(C)(=O)CC=O)ccc3OC=O)C(C)C2)c(F)cc2c(=O)c(C(=O)O)cn(C3CC3)c12. The molecule has 1 aromatic heterocycles. The highest BCUT2D eigenvalue weighted by atomic mass is 31.2. The third-order valence-corrected chi connectivity index (χ3v) is 11.5. The Bertz CT molecular complexity index is 1920. The van der Waals surface area contributed by atoms with Gasteiger partial charge in [0.05, 0.1) is 24.2 Å². The molecule has 1 amide bonds. The van der Waals surface area contributed by atoms with Crippen LogP contribution in [0.5, 0.6) is 11.5 Å². The number of pyridine rings is 1. The predicted molar refractivity (Wildman–Crippen MR) is 178 cm³/mol. The first-order valence-corrected chi connectivity index (χ1v) is 18.0. The molecular formula is C34H39FN3O9P. The summed E-state index contributed by atoms with van der Waals surface area (Å²) in [5.41, 5.74) is -1.14. The molecular weight excluding hydrogens is 644 g/mol. The summed E-state index contributed by atoms with van der Waals surface area (Å²) in [5.74, 6) is -1.98. The van der Waals surface area contributed by atoms with Gasteiger partial charge < -0.3 is 38.3 Å². The number of carboxylic acid groups (broad SMARTS) is 1. The van der Waals surface area contributed by atoms with Gasteiger partial charge in [-0.15, -0.1) is 0 Å². The summed E-state index contributed by atoms with van der Waals surface area (Å²) in [6, 6.07) is 5.37. The van der Waals surface area contributed by atoms with Crippen LogP contribution in [0, 0.1) is 5.82 Å². The van der Waals surface area contributed by atoms with Gasteiger partial charge in [0.25, 0.3) is 6.47 Å². The molecule has 1 saturated heterocycles. The molecule has 1 aliphatic carbocycles. The first kappa shape index (κ1) is 34.8. The van der Waals surface area contributed by atoms with Gasteiger partial charge in [0.15, 0.2) is 11.6 Å². The van der Waals surface area contributed by atoms with Crippen LogP contribution in [-0.4, -0.2) is 84.8 Å². The number of benzene rings is 2. The van der Waals surface area contributed by atoms with E-state index in [1.165, 1.54) is 26.0 Å². The van der Waals surface area contributed by atoms with E-state index in [-0.39, 0.29) is 79.3 Å². The molecule has 12 nitrogen and oxygen atoms in total. The topological polar surface area (TPSA) is 153 Å². The van der Waals surface area contributed by atoms with Crippen molar-refractivity contribution in [1.29, 1.82) is 0 Å². The lowest BCUT2D eigenvalue weighted by molar-refractivity contribution is -0.134. The zero-order valence-corrected chi connectivity index (χ0v) is 28.4. The number of amides is 1. The van der Waals surface area contributed by atoms with Crippen LogP contribution in [0.25, 0.3) is 10.9 Å². The Labute approximate surface area is 276 Å². The number of anilines is 1. The first-order valence-electron chi connectivity index (χ1n) is 15.6. The molecule has 0 radical (unpaired) electrons. The lowest BCUT2D eigenvalue weighted by Gasteiger charge is -2.42. The van der Waals surface area contributed by atoms with Crippen molar-refractivity contribution in [2.24, 2.45) is 0 Å². The molecule has 0 bridgehead atoms. The van der Waals surface area contributed by atoms with Gasteiger partial charge in [0.1, 0.15) is 30.4 Å². The molecule has 2 heterocycles. The zero-order valence-electron chi connectivity index (χ0n) is 27.5. The lowest BCUT2D eigenvalue weighted by Crippen LogP contribution is -2.55. The molecule has 1 aliphatic heterocycles. The van der Waals surface area contributed by atoms with Crippen molar-refractivity contribution < 1.29 is 42.7 Å². The van der Waals surface area contributed by atoms with Crippen molar-refractivity contribution in [3.05, 3.63) is 57.6 Å². The standard InChI is InChI=1S/C34H39FN3O9P/c1-20-17-36(30-26(35)15-23-29(32(30)46-4)38(21-6-7-21)18-24(31(23)42)33(43)44)10-11-37(20)28(41)16-34(2,3)25-14-22(48(5,45)13-12-39)8-9-27(25)47-19-40/h8-9,12,14-15,18-21H,6-7,10-11,13,16-17H2,1-5H3,(H,43,44). The molecule has 5 rings (SSSR count). The fraction of sp³-hybridized carbons (Fsp3) is 0.441. The number of carbonyl (C=O) groups is 4. The van der Waals surface area contributed by atoms with Crippen LogP contribution in [0.4, 0.5) is 10.1 Å². The Morgan fingerprint density at radius 1 is 1.17 bits per heavy atom. The first-order chi connectivity index (χ1) is 22.6. The van der Waals surface area contributed by atoms with Crippen molar-refractivity contribution in [2.45, 2.75) is 57.5 Å². The Balaban J connectivity index is 1.43. The number of carboxylic acids is 1. The number of carbonyl (C=O) groups excluding carboxylic acids is 3. The van der Waals surface area contributed by atoms with Crippen molar-refractivity contribution in [3.63, 3.8) is 0 Å². The van der Waals surface area contributed by atoms with Gasteiger partial charge in [-0.1, -0.05) is 13.8 Å². The van der Waals surface area contributed by atoms with E-state index < -0.39 is 35.3 Å². The second-order valence-electron chi connectivity index (χ2n) is 13.2. The summed E-state index contributed by atoms with van der Waals surface area (Å²) in [6.45, 7) is 7.99. The molecule has 2 atom stereocenters. The fourth-order valence-corrected chi connectivity index (χ4v) is 7.86. The summed E-state index contributed by atoms with van der Waals surface area (Å²) in [4.78, 5) is 64.6. The third-order valence-electron chi connectivity index (χ3n) is 9.27. The minimum absolute atomic E-state index is 0.00490. The van der Waals surface area contributed by atoms with Crippen LogP contribution < -0.4 is 25.1 Å². The van der Waals surface area contributed by atoms with Crippen LogP contribution in [0.1, 0.15) is 62.0 Å². The van der Waals surface area contributed by atoms with Gasteiger partial charge in [-0.25, -0.2) is 9.18 Å². The molecule has 2 fully saturated rings. The number of piperazine rings is 1. The Hall–Kier alpha value is -4.51. The Morgan fingerprint density at radius 2 is 1.88 bits per heavy atom. The van der Waals surface area contributed by atoms with Gasteiger partial charge in [-0.05, 0) is 50.7 Å². The second kappa shape index (κ2) is 13.2. The van der Waals surface area contributed by atoms with Crippen LogP contribution in [0.15, 0.2) is 35.3 Å². The van der Waals surface area contributed by atoms with E-state index in [1.54, 1.807) is 26.5 Å². The van der Waals surface area contributed by atoms with Crippen LogP contribution in [0.3, 0.4) is 0 Å². The zero-order chi connectivity index (χ0) is 35.1. The summed E-state index contributed by atoms with van der Waals surface area (Å²) in [6.07, 6.45) is 3.33. The average Bonchev–Trinajstić information content (AvgIpc) is 3.86. The number of nitrogens with zero attached hydrogens (tertiary/aromatic N) is 3. The van der Waals surface area contributed by atoms with Crippen LogP contribution in [0.2, 0.25) is 0 Å². The molecule has 2 aliphatic rings. The lowest BCUT2D eigenvalue weighted by atomic mass is 9.80. The minimum atomic E-state index is -3.03. The number of hydrogen-bond acceptors (Lipinski definition) is 9. The molecule has 48 heavy (non-hydrogen) atoms. The molecule has 14 heteroatoms. The highest BCUT2D eigenvalue weighted by Gasteiger charge is 2.37. The van der Waals surface area contributed by atoms with E-state index in [4.69, 9.17) is 9.47 Å². The maximum absolute atomic E-state index is 15.9. The van der Waals surface area contributed by atoms with Gasteiger partial charge >= 0.3 is 5.97 Å². The Kier molecular flexibility index (Phi) is 9.56. The molecule has 1 N–H and O–H groups in total. The maximum atomic E-state index is 15.9. The van der Waals surface area contributed by atoms with Crippen LogP contribution in [-0.2, 0) is 24.4 Å². The number of hydrogen-bond donors (Lipinski definition) is 1. The van der Waals surface area contributed by atoms with Gasteiger partial charge in [0.2, 0.25) is 11.3 Å². The highest BCUT2D eigenvalue weighted by molar-refractivity contribution is 7.71. The van der Waals surface area contributed by atoms with E-state index in [0.717, 1.165) is 18.9 Å². The van der Waals surface area contributed by atoms with Crippen molar-refractivity contribution >= 4 is 53.7 Å². The minimum Gasteiger partial charge on any atom is -0.492 e. The third kappa shape index (κ3) is 6.48. The molecule has 3 aromatic rings. The van der Waals surface area contributed by atoms with Crippen molar-refractivity contribution in [3.8, 4) is 11.5 Å². The van der Waals surface area contributed by atoms with Crippen molar-refractivity contribution in [1.82, 2.24) is 9.47 Å². The van der Waals surface area contributed by atoms with Crippen molar-refractivity contribution in [2.75, 3.05) is 44.5 Å². The Morgan fingerprint density at radius 3 is 2.46 bits per heavy atom. The molecule has 2 unspecified atom stereocenters. The fourth-order valence-electron chi connectivity index (χ4n) is 6.57. The average molecular weight is 684 g/mol. The number of aldehydes is 1. The smallest absolute Gasteiger partial charge is 0.341 e. The van der Waals surface area contributed by atoms with Gasteiger partial charge in [-0.2, -0.15) is 0 Å². The number of aromatic carboxylic acids is 1. The molecule has 2 aromatic carbocycles. The van der Waals surface area contributed by atoms with E-state index in [0.29, 0.717) is 22.7 Å². The van der Waals surface area contributed by atoms with Crippen LogP contribution >= 0.6 is 7.14 Å². The number of aromatic nitrogens is 1. The number of fused-ring (bicyclic) bond motifs is 1. The number of methoxy groups -OCH3 is 1. The van der Waals surface area contributed by atoms with Gasteiger partial charge in [0, 0.05) is 60.6 Å². The molecule has 0 spiro atoms. The van der Waals surface area contributed by atoms with E-state index in [9.17, 15) is 33.6 Å². The number of ether oxygens (including phenoxy) is 2. The number of halogens is 1. The summed E-state index contributed by atoms with van der Waals surface area (Å²) >= 11 is 0. The van der Waals surface area contributed by atoms with E-state index >= 15 is 4.39 Å². The van der Waals surface area contributed by atoms with Gasteiger partial charge in [-0.3, -0.25) is 14.4 Å². The summed E-state index contributed by atoms with van der Waals surface area (Å²) in [7, 11) is -1.65. The quantitative estimate of drug-likeness (QED) is 0.220. The normalized spacial score (nSPS) is 17.9. The second-order valence-corrected chi connectivity index (χ2v) is 16.3. The summed E-state index contributed by atoms with van der Waals surface area (Å²) in [5, 5.41) is 9.98. The van der Waals surface area contributed by atoms with E-state index in [1.807, 2.05) is 20.8 Å². The van der Waals surface area contributed by atoms with E-state index in [2.05, 4.69) is 0 Å². The predicted octanol–water partition coefficient (Wildman–Crippen LogP) is 3.94. The molecule has 256 valence electrons. The monoisotopic (exact) mass is 683 g/mol. The summed E-state index contributed by atoms with van der Waals surface area (Å²) < 4.78 is 41.7. The molecule has 1 saturated carbocycles.